The molecule has 2 aromatic carbocycles. The van der Waals surface area contributed by atoms with Gasteiger partial charge in [-0.1, -0.05) is 35.3 Å². The van der Waals surface area contributed by atoms with Gasteiger partial charge in [0.25, 0.3) is 0 Å². The number of hydrogen-bond acceptors (Lipinski definition) is 6. The van der Waals surface area contributed by atoms with Gasteiger partial charge in [-0.15, -0.1) is 0 Å². The van der Waals surface area contributed by atoms with Gasteiger partial charge in [0.05, 0.1) is 23.0 Å². The molecule has 0 radical (unpaired) electrons. The fraction of sp³-hybridized carbons (Fsp3) is 0.385. The summed E-state index contributed by atoms with van der Waals surface area (Å²) in [4.78, 5) is 11.0. The lowest BCUT2D eigenvalue weighted by atomic mass is 10.0. The Labute approximate surface area is 216 Å². The fourth-order valence-electron chi connectivity index (χ4n) is 4.60. The van der Waals surface area contributed by atoms with Crippen molar-refractivity contribution >= 4 is 40.4 Å². The Bertz CT molecular complexity index is 1140. The summed E-state index contributed by atoms with van der Waals surface area (Å²) in [6.45, 7) is 3.38. The number of nitrogens with zero attached hydrogens (tertiary/aromatic N) is 4. The number of halogens is 3. The van der Waals surface area contributed by atoms with Crippen LogP contribution >= 0.6 is 23.2 Å². The number of allylic oxidation sites excluding steroid dienone is 1. The highest BCUT2D eigenvalue weighted by atomic mass is 35.5. The number of benzene rings is 2. The van der Waals surface area contributed by atoms with Crippen LogP contribution in [-0.4, -0.2) is 67.7 Å². The first-order valence-corrected chi connectivity index (χ1v) is 12.5. The number of nitrogens with two attached hydrogens (primary N) is 1. The summed E-state index contributed by atoms with van der Waals surface area (Å²) >= 11 is 12.5. The topological polar surface area (TPSA) is 72.0 Å². The molecule has 2 heterocycles. The Morgan fingerprint density at radius 2 is 1.83 bits per heavy atom. The van der Waals surface area contributed by atoms with Crippen LogP contribution in [0.3, 0.4) is 0 Å². The van der Waals surface area contributed by atoms with Crippen LogP contribution in [0.1, 0.15) is 24.0 Å². The maximum Gasteiger partial charge on any atom is 0.142 e. The molecule has 3 N–H and O–H groups in total. The van der Waals surface area contributed by atoms with Crippen molar-refractivity contribution in [1.82, 2.24) is 9.80 Å². The molecule has 9 heteroatoms. The molecule has 0 unspecified atom stereocenters. The molecule has 35 heavy (non-hydrogen) atoms. The number of nitrogens with one attached hydrogen (secondary N) is 1. The van der Waals surface area contributed by atoms with Crippen molar-refractivity contribution in [2.24, 2.45) is 10.7 Å². The highest BCUT2D eigenvalue weighted by Crippen LogP contribution is 2.30. The molecule has 186 valence electrons. The van der Waals surface area contributed by atoms with Crippen molar-refractivity contribution in [2.75, 3.05) is 45.2 Å². The monoisotopic (exact) mass is 516 g/mol. The third-order valence-electron chi connectivity index (χ3n) is 6.76. The van der Waals surface area contributed by atoms with Crippen LogP contribution in [0.2, 0.25) is 10.0 Å². The molecule has 1 fully saturated rings. The molecular weight excluding hydrogens is 486 g/mol. The predicted molar refractivity (Wildman–Crippen MR) is 144 cm³/mol. The van der Waals surface area contributed by atoms with E-state index in [0.29, 0.717) is 47.0 Å². The van der Waals surface area contributed by atoms with Crippen molar-refractivity contribution in [3.8, 4) is 0 Å². The van der Waals surface area contributed by atoms with Gasteiger partial charge in [-0.3, -0.25) is 4.99 Å². The van der Waals surface area contributed by atoms with Gasteiger partial charge in [-0.2, -0.15) is 0 Å². The Morgan fingerprint density at radius 1 is 1.14 bits per heavy atom. The summed E-state index contributed by atoms with van der Waals surface area (Å²) < 4.78 is 14.0. The minimum Gasteiger partial charge on any atom is -0.382 e. The lowest BCUT2D eigenvalue weighted by Crippen LogP contribution is -2.41. The highest BCUT2D eigenvalue weighted by Gasteiger charge is 2.23. The number of rotatable bonds is 6. The summed E-state index contributed by atoms with van der Waals surface area (Å²) in [6.07, 6.45) is 3.99. The Morgan fingerprint density at radius 3 is 2.49 bits per heavy atom. The number of anilines is 1. The quantitative estimate of drug-likeness (QED) is 0.427. The van der Waals surface area contributed by atoms with Crippen LogP contribution in [0.4, 0.5) is 10.1 Å². The van der Waals surface area contributed by atoms with E-state index in [1.165, 1.54) is 17.8 Å². The molecule has 0 spiro atoms. The summed E-state index contributed by atoms with van der Waals surface area (Å²) in [5, 5.41) is 9.07. The van der Waals surface area contributed by atoms with E-state index in [9.17, 15) is 4.39 Å². The highest BCUT2D eigenvalue weighted by molar-refractivity contribution is 6.36. The number of amidine groups is 1. The maximum absolute atomic E-state index is 14.0. The maximum atomic E-state index is 14.0. The second-order valence-corrected chi connectivity index (χ2v) is 9.97. The predicted octanol–water partition coefficient (Wildman–Crippen LogP) is 4.79. The average Bonchev–Trinajstić information content (AvgIpc) is 2.86. The molecule has 0 bridgehead atoms. The van der Waals surface area contributed by atoms with Crippen LogP contribution < -0.4 is 10.6 Å². The molecule has 0 saturated carbocycles. The van der Waals surface area contributed by atoms with Gasteiger partial charge in [0, 0.05) is 48.5 Å². The second kappa shape index (κ2) is 11.0. The summed E-state index contributed by atoms with van der Waals surface area (Å²) in [6, 6.07) is 11.5. The Balaban J connectivity index is 1.50. The van der Waals surface area contributed by atoms with Crippen LogP contribution in [0.15, 0.2) is 53.2 Å². The first-order valence-electron chi connectivity index (χ1n) is 11.7. The van der Waals surface area contributed by atoms with Crippen molar-refractivity contribution in [3.63, 3.8) is 0 Å². The molecule has 0 amide bonds. The third-order valence-corrected chi connectivity index (χ3v) is 7.53. The molecular formula is C26H31Cl2FN6. The van der Waals surface area contributed by atoms with Crippen molar-refractivity contribution in [1.29, 1.82) is 5.41 Å². The van der Waals surface area contributed by atoms with Crippen LogP contribution in [0, 0.1) is 11.2 Å². The van der Waals surface area contributed by atoms with Crippen molar-refractivity contribution < 1.29 is 4.39 Å². The molecule has 1 saturated heterocycles. The standard InChI is InChI=1S/C26H31Cl2FN6/c1-33(2)18-9-12-34(13-10-18)19-5-3-17(4-6-19)23(30)15-24-26(31)32-11-14-35(24)16-20-21(27)7-8-22(29)25(20)28/h3-8,15,18,30H,9-14,16H2,1-2H3,(H2,31,32)/b24-15+,30-23?. The number of piperidine rings is 1. The molecule has 0 atom stereocenters. The first-order chi connectivity index (χ1) is 16.7. The number of hydrogen-bond donors (Lipinski definition) is 2. The van der Waals surface area contributed by atoms with Gasteiger partial charge in [0.2, 0.25) is 0 Å². The van der Waals surface area contributed by atoms with E-state index in [2.05, 4.69) is 41.0 Å². The zero-order valence-electron chi connectivity index (χ0n) is 20.1. The molecule has 2 aliphatic heterocycles. The summed E-state index contributed by atoms with van der Waals surface area (Å²) in [7, 11) is 4.28. The average molecular weight is 517 g/mol. The summed E-state index contributed by atoms with van der Waals surface area (Å²) in [5.74, 6) is -0.181. The van der Waals surface area contributed by atoms with E-state index >= 15 is 0 Å². The Kier molecular flexibility index (Phi) is 7.99. The van der Waals surface area contributed by atoms with Gasteiger partial charge in [0.15, 0.2) is 0 Å². The zero-order chi connectivity index (χ0) is 25.1. The first kappa shape index (κ1) is 25.5. The largest absolute Gasteiger partial charge is 0.382 e. The Hall–Kier alpha value is -2.61. The van der Waals surface area contributed by atoms with E-state index in [0.717, 1.165) is 31.5 Å². The minimum absolute atomic E-state index is 0.00165. The fourth-order valence-corrected chi connectivity index (χ4v) is 5.09. The third kappa shape index (κ3) is 5.80. The van der Waals surface area contributed by atoms with Gasteiger partial charge in [-0.05, 0) is 62.8 Å². The van der Waals surface area contributed by atoms with Gasteiger partial charge >= 0.3 is 0 Å². The van der Waals surface area contributed by atoms with E-state index in [1.54, 1.807) is 6.08 Å². The van der Waals surface area contributed by atoms with E-state index in [4.69, 9.17) is 34.3 Å². The molecule has 4 rings (SSSR count). The van der Waals surface area contributed by atoms with Gasteiger partial charge in [0.1, 0.15) is 11.7 Å². The normalized spacial score (nSPS) is 18.3. The molecule has 2 aliphatic rings. The van der Waals surface area contributed by atoms with Crippen molar-refractivity contribution in [3.05, 3.63) is 75.2 Å². The molecule has 2 aromatic rings. The molecule has 0 aliphatic carbocycles. The zero-order valence-corrected chi connectivity index (χ0v) is 21.6. The lowest BCUT2D eigenvalue weighted by molar-refractivity contribution is 0.249. The van der Waals surface area contributed by atoms with E-state index in [1.807, 2.05) is 17.0 Å². The smallest absolute Gasteiger partial charge is 0.142 e. The lowest BCUT2D eigenvalue weighted by Gasteiger charge is -2.36. The molecule has 0 aromatic heterocycles. The second-order valence-electron chi connectivity index (χ2n) is 9.18. The number of aliphatic imine (C=N–C) groups is 1. The SMILES string of the molecule is CN(C)C1CCN(c2ccc(C(=N)/C=C3\C(N)=NCCN3Cc3c(Cl)ccc(F)c3Cl)cc2)CC1. The minimum atomic E-state index is -0.519. The van der Waals surface area contributed by atoms with Gasteiger partial charge < -0.3 is 25.8 Å². The van der Waals surface area contributed by atoms with Crippen LogP contribution in [-0.2, 0) is 6.54 Å². The van der Waals surface area contributed by atoms with E-state index < -0.39 is 5.82 Å². The molecule has 6 nitrogen and oxygen atoms in total. The van der Waals surface area contributed by atoms with Crippen molar-refractivity contribution in [2.45, 2.75) is 25.4 Å². The van der Waals surface area contributed by atoms with Crippen LogP contribution in [0.5, 0.6) is 0 Å². The van der Waals surface area contributed by atoms with Crippen LogP contribution in [0.25, 0.3) is 0 Å². The van der Waals surface area contributed by atoms with E-state index in [-0.39, 0.29) is 11.6 Å². The summed E-state index contributed by atoms with van der Waals surface area (Å²) in [5.41, 5.74) is 9.57. The van der Waals surface area contributed by atoms with Gasteiger partial charge in [-0.25, -0.2) is 4.39 Å².